The van der Waals surface area contributed by atoms with Crippen molar-refractivity contribution in [2.45, 2.75) is 5.03 Å². The molecule has 0 aliphatic carbocycles. The zero-order valence-corrected chi connectivity index (χ0v) is 17.4. The molecular formula is C18H15ClN3O2PS2. The van der Waals surface area contributed by atoms with E-state index in [4.69, 9.17) is 11.6 Å². The summed E-state index contributed by atoms with van der Waals surface area (Å²) in [5.74, 6) is 0.702. The van der Waals surface area contributed by atoms with Crippen molar-refractivity contribution in [2.75, 3.05) is 18.1 Å². The van der Waals surface area contributed by atoms with Crippen molar-refractivity contribution in [3.63, 3.8) is 0 Å². The van der Waals surface area contributed by atoms with E-state index in [0.29, 0.717) is 27.9 Å². The van der Waals surface area contributed by atoms with E-state index in [1.807, 2.05) is 30.3 Å². The van der Waals surface area contributed by atoms with Gasteiger partial charge in [-0.3, -0.25) is 4.99 Å². The first kappa shape index (κ1) is 18.7. The predicted molar refractivity (Wildman–Crippen MR) is 113 cm³/mol. The van der Waals surface area contributed by atoms with Crippen molar-refractivity contribution in [1.29, 1.82) is 0 Å². The van der Waals surface area contributed by atoms with Crippen LogP contribution >= 0.6 is 31.2 Å². The maximum atomic E-state index is 13.1. The van der Waals surface area contributed by atoms with Crippen LogP contribution in [0.5, 0.6) is 0 Å². The normalized spacial score (nSPS) is 15.0. The predicted octanol–water partition coefficient (Wildman–Crippen LogP) is 4.69. The SMILES string of the molecule is O=S(=O)(CC1=NCCS1)c1np(-c2ccccc2)nc1-c1ccc(Cl)cc1. The van der Waals surface area contributed by atoms with Gasteiger partial charge < -0.3 is 0 Å². The number of nitrogens with zero attached hydrogens (tertiary/aromatic N) is 3. The standard InChI is InChI=1S/C18H15ClN3O2PS2/c19-14-8-6-13(7-9-14)17-18(27(23,24)12-16-20-10-11-26-16)22-25(21-17)15-4-2-1-3-5-15/h1-9H,10-12H2. The van der Waals surface area contributed by atoms with Crippen LogP contribution in [0.3, 0.4) is 0 Å². The topological polar surface area (TPSA) is 72.3 Å². The van der Waals surface area contributed by atoms with Crippen molar-refractivity contribution in [3.05, 3.63) is 59.6 Å². The van der Waals surface area contributed by atoms with Crippen LogP contribution in [0.2, 0.25) is 5.02 Å². The molecule has 4 rings (SSSR count). The van der Waals surface area contributed by atoms with Crippen molar-refractivity contribution >= 4 is 46.1 Å². The molecule has 1 aliphatic rings. The summed E-state index contributed by atoms with van der Waals surface area (Å²) in [6, 6.07) is 16.6. The van der Waals surface area contributed by atoms with Gasteiger partial charge >= 0.3 is 0 Å². The van der Waals surface area contributed by atoms with Gasteiger partial charge in [-0.05, 0) is 24.3 Å². The van der Waals surface area contributed by atoms with E-state index >= 15 is 0 Å². The minimum Gasteiger partial charge on any atom is -0.281 e. The van der Waals surface area contributed by atoms with Gasteiger partial charge in [-0.2, -0.15) is 4.75 Å². The van der Waals surface area contributed by atoms with E-state index in [0.717, 1.165) is 11.1 Å². The van der Waals surface area contributed by atoms with Crippen LogP contribution in [0.25, 0.3) is 16.6 Å². The van der Waals surface area contributed by atoms with E-state index in [-0.39, 0.29) is 10.8 Å². The average Bonchev–Trinajstić information content (AvgIpc) is 3.33. The molecule has 0 saturated carbocycles. The van der Waals surface area contributed by atoms with Crippen LogP contribution in [0.4, 0.5) is 0 Å². The number of aliphatic imine (C=N–C) groups is 1. The maximum absolute atomic E-state index is 13.1. The molecule has 1 atom stereocenters. The Morgan fingerprint density at radius 2 is 1.78 bits per heavy atom. The molecule has 0 saturated heterocycles. The van der Waals surface area contributed by atoms with Gasteiger partial charge in [0.2, 0.25) is 9.84 Å². The quantitative estimate of drug-likeness (QED) is 0.581. The largest absolute Gasteiger partial charge is 0.281 e. The Morgan fingerprint density at radius 1 is 1.04 bits per heavy atom. The summed E-state index contributed by atoms with van der Waals surface area (Å²) in [6.45, 7) is 0.664. The number of sulfone groups is 1. The van der Waals surface area contributed by atoms with Crippen LogP contribution in [0.15, 0.2) is 64.6 Å². The Morgan fingerprint density at radius 3 is 2.44 bits per heavy atom. The van der Waals surface area contributed by atoms with Crippen molar-refractivity contribution in [2.24, 2.45) is 4.99 Å². The first-order valence-electron chi connectivity index (χ1n) is 8.20. The lowest BCUT2D eigenvalue weighted by atomic mass is 10.2. The fourth-order valence-corrected chi connectivity index (χ4v) is 7.38. The second-order valence-electron chi connectivity index (χ2n) is 5.87. The fourth-order valence-electron chi connectivity index (χ4n) is 2.67. The van der Waals surface area contributed by atoms with Crippen molar-refractivity contribution in [1.82, 2.24) is 9.49 Å². The molecule has 138 valence electrons. The Kier molecular flexibility index (Phi) is 5.37. The van der Waals surface area contributed by atoms with Crippen molar-refractivity contribution < 1.29 is 8.42 Å². The number of thioether (sulfide) groups is 1. The van der Waals surface area contributed by atoms with Gasteiger partial charge in [0.1, 0.15) is 19.3 Å². The lowest BCUT2D eigenvalue weighted by Gasteiger charge is -2.04. The molecule has 0 N–H and O–H groups in total. The summed E-state index contributed by atoms with van der Waals surface area (Å²) < 4.78 is 35.4. The molecule has 0 amide bonds. The van der Waals surface area contributed by atoms with Gasteiger partial charge in [0.05, 0.1) is 5.04 Å². The van der Waals surface area contributed by atoms with Gasteiger partial charge in [0, 0.05) is 28.2 Å². The minimum atomic E-state index is -3.64. The molecule has 27 heavy (non-hydrogen) atoms. The Bertz CT molecular complexity index is 1100. The summed E-state index contributed by atoms with van der Waals surface area (Å²) in [4.78, 5) is 4.27. The number of hydrogen-bond donors (Lipinski definition) is 0. The molecule has 0 fully saturated rings. The highest BCUT2D eigenvalue weighted by molar-refractivity contribution is 8.15. The summed E-state index contributed by atoms with van der Waals surface area (Å²) in [5, 5.41) is 2.19. The Labute approximate surface area is 168 Å². The third-order valence-electron chi connectivity index (χ3n) is 3.94. The van der Waals surface area contributed by atoms with E-state index in [2.05, 4.69) is 14.5 Å². The molecule has 2 aromatic carbocycles. The summed E-state index contributed by atoms with van der Waals surface area (Å²) >= 11 is 7.47. The lowest BCUT2D eigenvalue weighted by Crippen LogP contribution is -2.14. The van der Waals surface area contributed by atoms with E-state index < -0.39 is 17.7 Å². The first-order valence-corrected chi connectivity index (χ1v) is 12.5. The highest BCUT2D eigenvalue weighted by atomic mass is 35.5. The van der Waals surface area contributed by atoms with Crippen molar-refractivity contribution in [3.8, 4) is 16.6 Å². The van der Waals surface area contributed by atoms with E-state index in [9.17, 15) is 8.42 Å². The summed E-state index contributed by atoms with van der Waals surface area (Å²) in [7, 11) is -4.96. The molecule has 0 spiro atoms. The average molecular weight is 436 g/mol. The molecule has 1 unspecified atom stereocenters. The Balaban J connectivity index is 1.83. The smallest absolute Gasteiger partial charge is 0.204 e. The molecule has 5 nitrogen and oxygen atoms in total. The van der Waals surface area contributed by atoms with Gasteiger partial charge in [-0.25, -0.2) is 13.2 Å². The number of rotatable bonds is 5. The molecule has 0 bridgehead atoms. The van der Waals surface area contributed by atoms with Crippen LogP contribution in [0, 0.1) is 0 Å². The molecule has 1 aliphatic heterocycles. The van der Waals surface area contributed by atoms with E-state index in [1.165, 1.54) is 11.8 Å². The van der Waals surface area contributed by atoms with Gasteiger partial charge in [-0.1, -0.05) is 41.9 Å². The molecule has 1 aromatic heterocycles. The van der Waals surface area contributed by atoms with Crippen LogP contribution in [0.1, 0.15) is 0 Å². The van der Waals surface area contributed by atoms with E-state index in [1.54, 1.807) is 24.3 Å². The van der Waals surface area contributed by atoms with Gasteiger partial charge in [0.25, 0.3) is 0 Å². The minimum absolute atomic E-state index is 0.0509. The zero-order valence-electron chi connectivity index (χ0n) is 14.1. The molecular weight excluding hydrogens is 421 g/mol. The fraction of sp³-hybridized carbons (Fsp3) is 0.167. The highest BCUT2D eigenvalue weighted by Crippen LogP contribution is 2.40. The highest BCUT2D eigenvalue weighted by Gasteiger charge is 2.28. The third-order valence-corrected chi connectivity index (χ3v) is 8.57. The number of hydrogen-bond acceptors (Lipinski definition) is 6. The molecule has 9 heteroatoms. The molecule has 0 radical (unpaired) electrons. The second kappa shape index (κ2) is 7.76. The second-order valence-corrected chi connectivity index (χ2v) is 10.9. The lowest BCUT2D eigenvalue weighted by molar-refractivity contribution is 0.598. The molecule has 3 aromatic rings. The first-order chi connectivity index (χ1) is 13.0. The third kappa shape index (κ3) is 4.11. The molecule has 2 heterocycles. The van der Waals surface area contributed by atoms with Crippen LogP contribution in [-0.4, -0.2) is 41.0 Å². The Hall–Kier alpha value is -1.66. The maximum Gasteiger partial charge on any atom is 0.204 e. The van der Waals surface area contributed by atoms with Gasteiger partial charge in [-0.15, -0.1) is 11.8 Å². The zero-order chi connectivity index (χ0) is 18.9. The number of aromatic nitrogens is 2. The summed E-state index contributed by atoms with van der Waals surface area (Å²) in [6.07, 6.45) is 0. The van der Waals surface area contributed by atoms with Crippen LogP contribution < -0.4 is 0 Å². The van der Waals surface area contributed by atoms with Crippen LogP contribution in [-0.2, 0) is 9.84 Å². The number of halogens is 1. The number of benzene rings is 2. The van der Waals surface area contributed by atoms with Gasteiger partial charge in [0.15, 0.2) is 5.03 Å². The summed E-state index contributed by atoms with van der Waals surface area (Å²) in [5.41, 5.74) is 1.11. The monoisotopic (exact) mass is 435 g/mol.